The van der Waals surface area contributed by atoms with Crippen molar-refractivity contribution >= 4 is 50.3 Å². The number of carbonyl (C=O) groups is 2. The second kappa shape index (κ2) is 5.74. The van der Waals surface area contributed by atoms with Crippen molar-refractivity contribution < 1.29 is 9.59 Å². The summed E-state index contributed by atoms with van der Waals surface area (Å²) in [6, 6.07) is 5.78. The highest BCUT2D eigenvalue weighted by Crippen LogP contribution is 2.47. The highest BCUT2D eigenvalue weighted by Gasteiger charge is 2.52. The maximum absolute atomic E-state index is 12.7. The van der Waals surface area contributed by atoms with Gasteiger partial charge in [-0.15, -0.1) is 11.8 Å². The van der Waals surface area contributed by atoms with Crippen molar-refractivity contribution in [3.05, 3.63) is 23.8 Å². The Labute approximate surface area is 148 Å². The standard InChI is InChI=1S/C17H19N3O2S2/c1-3-10-4-5-11-13(8-10)24-16(18-11)19-15(22)12-9-23-17(2)7-6-14(21)20(12)17/h4-5,8,12H,3,6-7,9H2,1-2H3,(H,18,19,22)/t12-,17+/m1/s1. The molecule has 1 aromatic heterocycles. The lowest BCUT2D eigenvalue weighted by Crippen LogP contribution is -2.48. The summed E-state index contributed by atoms with van der Waals surface area (Å²) >= 11 is 3.19. The van der Waals surface area contributed by atoms with Crippen LogP contribution in [0.2, 0.25) is 0 Å². The minimum absolute atomic E-state index is 0.0829. The molecule has 1 N–H and O–H groups in total. The smallest absolute Gasteiger partial charge is 0.249 e. The molecular weight excluding hydrogens is 342 g/mol. The van der Waals surface area contributed by atoms with Crippen LogP contribution < -0.4 is 5.32 Å². The van der Waals surface area contributed by atoms with Crippen molar-refractivity contribution in [2.75, 3.05) is 11.1 Å². The maximum atomic E-state index is 12.7. The fourth-order valence-electron chi connectivity index (χ4n) is 3.45. The number of aromatic nitrogens is 1. The molecule has 1 aromatic carbocycles. The average molecular weight is 361 g/mol. The molecule has 7 heteroatoms. The van der Waals surface area contributed by atoms with Gasteiger partial charge in [0.2, 0.25) is 11.8 Å². The fourth-order valence-corrected chi connectivity index (χ4v) is 5.81. The zero-order valence-electron chi connectivity index (χ0n) is 13.7. The molecule has 2 aliphatic rings. The lowest BCUT2D eigenvalue weighted by atomic mass is 10.2. The van der Waals surface area contributed by atoms with Crippen LogP contribution in [0.4, 0.5) is 5.13 Å². The third kappa shape index (κ3) is 2.50. The second-order valence-electron chi connectivity index (χ2n) is 6.43. The molecule has 3 heterocycles. The largest absolute Gasteiger partial charge is 0.315 e. The first-order chi connectivity index (χ1) is 11.5. The number of hydrogen-bond acceptors (Lipinski definition) is 5. The SMILES string of the molecule is CCc1ccc2nc(NC(=O)[C@H]3CS[C@@]4(C)CCC(=O)N34)sc2c1. The Kier molecular flexibility index (Phi) is 3.80. The van der Waals surface area contributed by atoms with Gasteiger partial charge in [-0.05, 0) is 37.5 Å². The molecule has 0 radical (unpaired) electrons. The Morgan fingerprint density at radius 1 is 1.50 bits per heavy atom. The number of nitrogens with one attached hydrogen (secondary N) is 1. The van der Waals surface area contributed by atoms with Crippen molar-refractivity contribution in [1.29, 1.82) is 0 Å². The van der Waals surface area contributed by atoms with E-state index in [9.17, 15) is 9.59 Å². The zero-order valence-corrected chi connectivity index (χ0v) is 15.3. The van der Waals surface area contributed by atoms with E-state index >= 15 is 0 Å². The van der Waals surface area contributed by atoms with Crippen LogP contribution >= 0.6 is 23.1 Å². The second-order valence-corrected chi connectivity index (χ2v) is 8.96. The molecule has 0 bridgehead atoms. The number of aryl methyl sites for hydroxylation is 1. The molecule has 2 aromatic rings. The summed E-state index contributed by atoms with van der Waals surface area (Å²) in [5, 5.41) is 3.53. The lowest BCUT2D eigenvalue weighted by Gasteiger charge is -2.29. The summed E-state index contributed by atoms with van der Waals surface area (Å²) < 4.78 is 1.08. The van der Waals surface area contributed by atoms with Crippen molar-refractivity contribution in [3.63, 3.8) is 0 Å². The molecular formula is C17H19N3O2S2. The monoisotopic (exact) mass is 361 g/mol. The maximum Gasteiger partial charge on any atom is 0.249 e. The Hall–Kier alpha value is -1.60. The number of thiazole rings is 1. The van der Waals surface area contributed by atoms with Gasteiger partial charge in [0, 0.05) is 12.2 Å². The Balaban J connectivity index is 1.55. The minimum Gasteiger partial charge on any atom is -0.315 e. The number of carbonyl (C=O) groups excluding carboxylic acids is 2. The summed E-state index contributed by atoms with van der Waals surface area (Å²) in [5.74, 6) is 0.606. The molecule has 2 amide bonds. The number of fused-ring (bicyclic) bond motifs is 2. The summed E-state index contributed by atoms with van der Waals surface area (Å²) in [5.41, 5.74) is 2.16. The van der Waals surface area contributed by atoms with Crippen LogP contribution in [-0.2, 0) is 16.0 Å². The van der Waals surface area contributed by atoms with Crippen molar-refractivity contribution in [1.82, 2.24) is 9.88 Å². The highest BCUT2D eigenvalue weighted by molar-refractivity contribution is 8.01. The quantitative estimate of drug-likeness (QED) is 0.911. The van der Waals surface area contributed by atoms with E-state index in [2.05, 4.69) is 36.3 Å². The van der Waals surface area contributed by atoms with Gasteiger partial charge < -0.3 is 10.2 Å². The van der Waals surface area contributed by atoms with Gasteiger partial charge in [0.25, 0.3) is 0 Å². The normalized spacial score (nSPS) is 26.2. The van der Waals surface area contributed by atoms with Gasteiger partial charge in [-0.2, -0.15) is 0 Å². The first-order valence-corrected chi connectivity index (χ1v) is 9.97. The summed E-state index contributed by atoms with van der Waals surface area (Å²) in [7, 11) is 0. The van der Waals surface area contributed by atoms with E-state index in [1.807, 2.05) is 6.07 Å². The number of nitrogens with zero attached hydrogens (tertiary/aromatic N) is 2. The molecule has 4 rings (SSSR count). The van der Waals surface area contributed by atoms with E-state index in [1.54, 1.807) is 16.7 Å². The highest BCUT2D eigenvalue weighted by atomic mass is 32.2. The molecule has 24 heavy (non-hydrogen) atoms. The van der Waals surface area contributed by atoms with Gasteiger partial charge in [-0.1, -0.05) is 24.3 Å². The topological polar surface area (TPSA) is 62.3 Å². The van der Waals surface area contributed by atoms with Crippen molar-refractivity contribution in [2.45, 2.75) is 44.0 Å². The molecule has 2 aliphatic heterocycles. The van der Waals surface area contributed by atoms with Crippen molar-refractivity contribution in [2.24, 2.45) is 0 Å². The predicted octanol–water partition coefficient (Wildman–Crippen LogP) is 3.25. The molecule has 2 saturated heterocycles. The van der Waals surface area contributed by atoms with E-state index in [0.717, 1.165) is 23.1 Å². The van der Waals surface area contributed by atoms with Crippen molar-refractivity contribution in [3.8, 4) is 0 Å². The molecule has 0 aliphatic carbocycles. The molecule has 2 atom stereocenters. The van der Waals surface area contributed by atoms with Crippen LogP contribution in [0.25, 0.3) is 10.2 Å². The zero-order chi connectivity index (χ0) is 16.9. The molecule has 0 unspecified atom stereocenters. The molecule has 2 fully saturated rings. The van der Waals surface area contributed by atoms with Gasteiger partial charge in [0.05, 0.1) is 15.1 Å². The summed E-state index contributed by atoms with van der Waals surface area (Å²) in [4.78, 5) is 30.9. The summed E-state index contributed by atoms with van der Waals surface area (Å²) in [6.07, 6.45) is 2.33. The number of amides is 2. The van der Waals surface area contributed by atoms with Gasteiger partial charge in [0.15, 0.2) is 5.13 Å². The van der Waals surface area contributed by atoms with Crippen LogP contribution in [0.3, 0.4) is 0 Å². The van der Waals surface area contributed by atoms with Crippen LogP contribution in [0, 0.1) is 0 Å². The Morgan fingerprint density at radius 3 is 3.12 bits per heavy atom. The molecule has 5 nitrogen and oxygen atoms in total. The number of benzene rings is 1. The van der Waals surface area contributed by atoms with Gasteiger partial charge >= 0.3 is 0 Å². The van der Waals surface area contributed by atoms with Gasteiger partial charge in [-0.25, -0.2) is 4.98 Å². The Bertz CT molecular complexity index is 834. The average Bonchev–Trinajstić information content (AvgIpc) is 3.19. The van der Waals surface area contributed by atoms with Gasteiger partial charge in [0.1, 0.15) is 6.04 Å². The third-order valence-electron chi connectivity index (χ3n) is 4.84. The summed E-state index contributed by atoms with van der Waals surface area (Å²) in [6.45, 7) is 4.17. The molecule has 0 spiro atoms. The number of anilines is 1. The van der Waals surface area contributed by atoms with E-state index in [1.165, 1.54) is 16.9 Å². The number of hydrogen-bond donors (Lipinski definition) is 1. The van der Waals surface area contributed by atoms with E-state index in [4.69, 9.17) is 0 Å². The predicted molar refractivity (Wildman–Crippen MR) is 98.4 cm³/mol. The minimum atomic E-state index is -0.395. The van der Waals surface area contributed by atoms with E-state index < -0.39 is 6.04 Å². The lowest BCUT2D eigenvalue weighted by molar-refractivity contribution is -0.135. The van der Waals surface area contributed by atoms with Crippen LogP contribution in [0.1, 0.15) is 32.3 Å². The van der Waals surface area contributed by atoms with Crippen LogP contribution in [-0.4, -0.2) is 38.4 Å². The molecule has 0 saturated carbocycles. The van der Waals surface area contributed by atoms with Crippen LogP contribution in [0.5, 0.6) is 0 Å². The first kappa shape index (κ1) is 15.9. The van der Waals surface area contributed by atoms with Crippen LogP contribution in [0.15, 0.2) is 18.2 Å². The van der Waals surface area contributed by atoms with E-state index in [0.29, 0.717) is 17.3 Å². The fraction of sp³-hybridized carbons (Fsp3) is 0.471. The first-order valence-electron chi connectivity index (χ1n) is 8.16. The van der Waals surface area contributed by atoms with E-state index in [-0.39, 0.29) is 16.7 Å². The molecule has 126 valence electrons. The number of thioether (sulfide) groups is 1. The van der Waals surface area contributed by atoms with Gasteiger partial charge in [-0.3, -0.25) is 9.59 Å². The Morgan fingerprint density at radius 2 is 2.33 bits per heavy atom. The number of rotatable bonds is 3. The third-order valence-corrected chi connectivity index (χ3v) is 7.28.